The van der Waals surface area contributed by atoms with Gasteiger partial charge in [0, 0.05) is 3.57 Å². The van der Waals surface area contributed by atoms with Crippen LogP contribution in [0.3, 0.4) is 0 Å². The van der Waals surface area contributed by atoms with Crippen molar-refractivity contribution in [1.29, 1.82) is 0 Å². The van der Waals surface area contributed by atoms with E-state index in [1.807, 2.05) is 6.92 Å². The van der Waals surface area contributed by atoms with Gasteiger partial charge in [-0.05, 0) is 47.2 Å². The molecule has 0 saturated carbocycles. The third-order valence-electron chi connectivity index (χ3n) is 1.66. The van der Waals surface area contributed by atoms with Crippen molar-refractivity contribution in [2.45, 2.75) is 6.92 Å². The molecule has 0 heterocycles. The standard InChI is InChI=1S/C8H9FIN3/c1-4-2-6(9)5(3-7(4)10)8(11)13-12/h2-3H,12H2,1H3,(H2,11,13). The largest absolute Gasteiger partial charge is 0.382 e. The van der Waals surface area contributed by atoms with Crippen molar-refractivity contribution in [3.8, 4) is 0 Å². The minimum Gasteiger partial charge on any atom is -0.382 e. The van der Waals surface area contributed by atoms with Gasteiger partial charge in [0.1, 0.15) is 5.82 Å². The second-order valence-corrected chi connectivity index (χ2v) is 3.76. The van der Waals surface area contributed by atoms with Gasteiger partial charge in [-0.3, -0.25) is 0 Å². The third-order valence-corrected chi connectivity index (χ3v) is 2.83. The van der Waals surface area contributed by atoms with Gasteiger partial charge in [0.05, 0.1) is 5.56 Å². The summed E-state index contributed by atoms with van der Waals surface area (Å²) in [6.45, 7) is 1.82. The average Bonchev–Trinajstić information content (AvgIpc) is 2.10. The van der Waals surface area contributed by atoms with Gasteiger partial charge in [-0.25, -0.2) is 4.39 Å². The molecule has 70 valence electrons. The maximum Gasteiger partial charge on any atom is 0.153 e. The number of nitrogens with zero attached hydrogens (tertiary/aromatic N) is 1. The molecular weight excluding hydrogens is 284 g/mol. The normalized spacial score (nSPS) is 11.8. The quantitative estimate of drug-likeness (QED) is 0.270. The number of hydrogen-bond donors (Lipinski definition) is 2. The fraction of sp³-hybridized carbons (Fsp3) is 0.125. The molecule has 0 aromatic heterocycles. The van der Waals surface area contributed by atoms with Crippen LogP contribution in [-0.4, -0.2) is 5.84 Å². The van der Waals surface area contributed by atoms with Crippen molar-refractivity contribution in [1.82, 2.24) is 0 Å². The maximum absolute atomic E-state index is 13.2. The fourth-order valence-electron chi connectivity index (χ4n) is 0.912. The third kappa shape index (κ3) is 2.09. The van der Waals surface area contributed by atoms with Crippen molar-refractivity contribution in [2.75, 3.05) is 0 Å². The average molecular weight is 293 g/mol. The highest BCUT2D eigenvalue weighted by atomic mass is 127. The molecule has 0 saturated heterocycles. The van der Waals surface area contributed by atoms with Gasteiger partial charge in [0.15, 0.2) is 5.84 Å². The lowest BCUT2D eigenvalue weighted by Gasteiger charge is -2.04. The smallest absolute Gasteiger partial charge is 0.153 e. The Morgan fingerprint density at radius 3 is 2.69 bits per heavy atom. The van der Waals surface area contributed by atoms with Gasteiger partial charge in [-0.2, -0.15) is 5.10 Å². The number of benzene rings is 1. The molecule has 4 N–H and O–H groups in total. The van der Waals surface area contributed by atoms with E-state index in [1.54, 1.807) is 6.07 Å². The van der Waals surface area contributed by atoms with Crippen molar-refractivity contribution >= 4 is 28.4 Å². The van der Waals surface area contributed by atoms with Gasteiger partial charge >= 0.3 is 0 Å². The van der Waals surface area contributed by atoms with Crippen LogP contribution in [0.1, 0.15) is 11.1 Å². The Bertz CT molecular complexity index is 363. The van der Waals surface area contributed by atoms with E-state index in [2.05, 4.69) is 27.7 Å². The minimum absolute atomic E-state index is 0.00964. The topological polar surface area (TPSA) is 64.4 Å². The number of hydrogen-bond acceptors (Lipinski definition) is 2. The van der Waals surface area contributed by atoms with Crippen molar-refractivity contribution in [3.05, 3.63) is 32.6 Å². The molecule has 0 fully saturated rings. The van der Waals surface area contributed by atoms with E-state index in [4.69, 9.17) is 11.6 Å². The number of amidine groups is 1. The Hall–Kier alpha value is -0.850. The van der Waals surface area contributed by atoms with Crippen molar-refractivity contribution < 1.29 is 4.39 Å². The van der Waals surface area contributed by atoms with Crippen LogP contribution >= 0.6 is 22.6 Å². The first-order valence-corrected chi connectivity index (χ1v) is 4.63. The lowest BCUT2D eigenvalue weighted by Crippen LogP contribution is -2.17. The zero-order valence-electron chi connectivity index (χ0n) is 7.01. The predicted molar refractivity (Wildman–Crippen MR) is 58.8 cm³/mol. The SMILES string of the molecule is Cc1cc(F)c(/C(N)=N/N)cc1I. The zero-order valence-corrected chi connectivity index (χ0v) is 9.17. The van der Waals surface area contributed by atoms with E-state index in [9.17, 15) is 4.39 Å². The summed E-state index contributed by atoms with van der Waals surface area (Å²) < 4.78 is 14.2. The summed E-state index contributed by atoms with van der Waals surface area (Å²) in [5, 5.41) is 3.24. The summed E-state index contributed by atoms with van der Waals surface area (Å²) in [5.41, 5.74) is 6.51. The Morgan fingerprint density at radius 1 is 1.54 bits per heavy atom. The van der Waals surface area contributed by atoms with Crippen LogP contribution in [0, 0.1) is 16.3 Å². The summed E-state index contributed by atoms with van der Waals surface area (Å²) in [6.07, 6.45) is 0. The predicted octanol–water partition coefficient (Wildman–Crippen LogP) is 1.32. The van der Waals surface area contributed by atoms with Gasteiger partial charge in [0.2, 0.25) is 0 Å². The molecule has 0 atom stereocenters. The molecule has 0 amide bonds. The number of halogens is 2. The summed E-state index contributed by atoms with van der Waals surface area (Å²) >= 11 is 2.10. The van der Waals surface area contributed by atoms with Crippen LogP contribution in [0.25, 0.3) is 0 Å². The molecule has 0 spiro atoms. The first kappa shape index (κ1) is 10.2. The highest BCUT2D eigenvalue weighted by Gasteiger charge is 2.08. The monoisotopic (exact) mass is 293 g/mol. The lowest BCUT2D eigenvalue weighted by atomic mass is 10.1. The number of aryl methyl sites for hydroxylation is 1. The van der Waals surface area contributed by atoms with Crippen molar-refractivity contribution in [3.63, 3.8) is 0 Å². The summed E-state index contributed by atoms with van der Waals surface area (Å²) in [5.74, 6) is 4.57. The van der Waals surface area contributed by atoms with E-state index in [0.29, 0.717) is 0 Å². The van der Waals surface area contributed by atoms with Gasteiger partial charge in [-0.15, -0.1) is 0 Å². The molecule has 0 bridgehead atoms. The van der Waals surface area contributed by atoms with Crippen LogP contribution in [0.5, 0.6) is 0 Å². The van der Waals surface area contributed by atoms with E-state index in [-0.39, 0.29) is 11.4 Å². The van der Waals surface area contributed by atoms with Crippen LogP contribution < -0.4 is 11.6 Å². The Labute approximate surface area is 89.1 Å². The molecule has 1 aromatic carbocycles. The number of rotatable bonds is 1. The fourth-order valence-corrected chi connectivity index (χ4v) is 1.38. The summed E-state index contributed by atoms with van der Waals surface area (Å²) in [6, 6.07) is 3.03. The highest BCUT2D eigenvalue weighted by molar-refractivity contribution is 14.1. The molecule has 0 aliphatic carbocycles. The maximum atomic E-state index is 13.2. The molecule has 0 aliphatic rings. The van der Waals surface area contributed by atoms with Gasteiger partial charge in [0.25, 0.3) is 0 Å². The Balaban J connectivity index is 3.32. The molecule has 13 heavy (non-hydrogen) atoms. The van der Waals surface area contributed by atoms with Crippen LogP contribution in [0.2, 0.25) is 0 Å². The van der Waals surface area contributed by atoms with Crippen LogP contribution in [0.4, 0.5) is 4.39 Å². The van der Waals surface area contributed by atoms with Crippen LogP contribution in [0.15, 0.2) is 17.2 Å². The van der Waals surface area contributed by atoms with E-state index in [0.717, 1.165) is 9.13 Å². The highest BCUT2D eigenvalue weighted by Crippen LogP contribution is 2.16. The van der Waals surface area contributed by atoms with Gasteiger partial charge < -0.3 is 11.6 Å². The zero-order chi connectivity index (χ0) is 10.0. The second kappa shape index (κ2) is 3.91. The second-order valence-electron chi connectivity index (χ2n) is 2.60. The molecule has 0 aliphatic heterocycles. The summed E-state index contributed by atoms with van der Waals surface area (Å²) in [4.78, 5) is 0. The van der Waals surface area contributed by atoms with Crippen LogP contribution in [-0.2, 0) is 0 Å². The molecule has 0 radical (unpaired) electrons. The minimum atomic E-state index is -0.399. The lowest BCUT2D eigenvalue weighted by molar-refractivity contribution is 0.623. The molecule has 3 nitrogen and oxygen atoms in total. The first-order chi connectivity index (χ1) is 6.06. The van der Waals surface area contributed by atoms with E-state index >= 15 is 0 Å². The Morgan fingerprint density at radius 2 is 2.15 bits per heavy atom. The molecule has 0 unspecified atom stereocenters. The van der Waals surface area contributed by atoms with E-state index in [1.165, 1.54) is 6.07 Å². The molecule has 1 aromatic rings. The molecule has 5 heteroatoms. The number of nitrogens with two attached hydrogens (primary N) is 2. The molecular formula is C8H9FIN3. The van der Waals surface area contributed by atoms with Crippen molar-refractivity contribution in [2.24, 2.45) is 16.7 Å². The number of hydrazone groups is 1. The van der Waals surface area contributed by atoms with E-state index < -0.39 is 5.82 Å². The summed E-state index contributed by atoms with van der Waals surface area (Å²) in [7, 11) is 0. The molecule has 1 rings (SSSR count). The van der Waals surface area contributed by atoms with Gasteiger partial charge in [-0.1, -0.05) is 0 Å². The first-order valence-electron chi connectivity index (χ1n) is 3.55. The Kier molecular flexibility index (Phi) is 3.07.